The number of allylic oxidation sites excluding steroid dienone is 1. The zero-order chi connectivity index (χ0) is 23.5. The molecule has 1 aliphatic rings. The highest BCUT2D eigenvalue weighted by Gasteiger charge is 2.21. The number of aromatic amines is 1. The van der Waals surface area contributed by atoms with Gasteiger partial charge in [-0.3, -0.25) is 14.2 Å². The fraction of sp³-hybridized carbons (Fsp3) is 0.320. The molecule has 0 radical (unpaired) electrons. The Morgan fingerprint density at radius 3 is 2.73 bits per heavy atom. The van der Waals surface area contributed by atoms with Crippen LogP contribution in [0.25, 0.3) is 10.9 Å². The van der Waals surface area contributed by atoms with Crippen LogP contribution in [0.15, 0.2) is 53.8 Å². The molecule has 1 aromatic heterocycles. The first kappa shape index (κ1) is 22.9. The summed E-state index contributed by atoms with van der Waals surface area (Å²) in [5, 5.41) is 3.16. The van der Waals surface area contributed by atoms with Gasteiger partial charge < -0.3 is 15.2 Å². The van der Waals surface area contributed by atoms with E-state index in [1.54, 1.807) is 36.4 Å². The van der Waals surface area contributed by atoms with E-state index in [9.17, 15) is 14.0 Å². The van der Waals surface area contributed by atoms with Crippen LogP contribution in [0.1, 0.15) is 42.5 Å². The van der Waals surface area contributed by atoms with Gasteiger partial charge in [0.1, 0.15) is 5.82 Å². The largest absolute Gasteiger partial charge is 0.369 e. The standard InChI is InChI=1S/C25H27FN4O2S/c1-3-13-30-24(32)19-11-9-16(14-21(19)28-25(30)33)23(31)27-17-10-12-22(20(26)15-17)29(2)18-7-5-4-6-8-18/h3,9-12,14-15,18H,1,4-8,13H2,2H3,(H,27,31)(H,28,33). The first-order valence-electron chi connectivity index (χ1n) is 11.1. The minimum Gasteiger partial charge on any atom is -0.369 e. The Kier molecular flexibility index (Phi) is 6.74. The van der Waals surface area contributed by atoms with Gasteiger partial charge in [-0.2, -0.15) is 0 Å². The third-order valence-electron chi connectivity index (χ3n) is 6.26. The van der Waals surface area contributed by atoms with Gasteiger partial charge in [0.2, 0.25) is 0 Å². The van der Waals surface area contributed by atoms with Crippen LogP contribution in [-0.2, 0) is 6.54 Å². The molecule has 4 rings (SSSR count). The van der Waals surface area contributed by atoms with Crippen molar-refractivity contribution in [3.8, 4) is 0 Å². The average molecular weight is 467 g/mol. The Labute approximate surface area is 196 Å². The van der Waals surface area contributed by atoms with E-state index in [0.29, 0.717) is 40.4 Å². The normalized spacial score (nSPS) is 14.2. The van der Waals surface area contributed by atoms with Crippen molar-refractivity contribution in [1.29, 1.82) is 0 Å². The molecule has 0 saturated heterocycles. The summed E-state index contributed by atoms with van der Waals surface area (Å²) in [5.74, 6) is -0.773. The van der Waals surface area contributed by atoms with E-state index in [2.05, 4.69) is 16.9 Å². The number of nitrogens with zero attached hydrogens (tertiary/aromatic N) is 2. The molecule has 3 aromatic rings. The van der Waals surface area contributed by atoms with Gasteiger partial charge in [-0.25, -0.2) is 4.39 Å². The summed E-state index contributed by atoms with van der Waals surface area (Å²) >= 11 is 5.25. The van der Waals surface area contributed by atoms with E-state index in [1.165, 1.54) is 29.9 Å². The summed E-state index contributed by atoms with van der Waals surface area (Å²) in [6.07, 6.45) is 7.31. The predicted octanol–water partition coefficient (Wildman–Crippen LogP) is 5.41. The highest BCUT2D eigenvalue weighted by Crippen LogP contribution is 2.29. The lowest BCUT2D eigenvalue weighted by Crippen LogP contribution is -2.33. The minimum absolute atomic E-state index is 0.250. The predicted molar refractivity (Wildman–Crippen MR) is 133 cm³/mol. The van der Waals surface area contributed by atoms with Crippen LogP contribution in [0.4, 0.5) is 15.8 Å². The number of H-pyrrole nitrogens is 1. The topological polar surface area (TPSA) is 70.1 Å². The van der Waals surface area contributed by atoms with Crippen molar-refractivity contribution in [2.45, 2.75) is 44.7 Å². The third kappa shape index (κ3) is 4.75. The number of benzene rings is 2. The van der Waals surface area contributed by atoms with Gasteiger partial charge in [0.05, 0.1) is 16.6 Å². The second kappa shape index (κ2) is 9.70. The van der Waals surface area contributed by atoms with Gasteiger partial charge in [-0.1, -0.05) is 25.3 Å². The van der Waals surface area contributed by atoms with Crippen molar-refractivity contribution < 1.29 is 9.18 Å². The second-order valence-corrected chi connectivity index (χ2v) is 8.80. The molecule has 6 nitrogen and oxygen atoms in total. The Balaban J connectivity index is 1.54. The van der Waals surface area contributed by atoms with Crippen molar-refractivity contribution in [2.75, 3.05) is 17.3 Å². The molecule has 0 aliphatic heterocycles. The maximum absolute atomic E-state index is 14.9. The molecule has 1 heterocycles. The molecule has 172 valence electrons. The molecule has 1 saturated carbocycles. The summed E-state index contributed by atoms with van der Waals surface area (Å²) in [6, 6.07) is 9.82. The van der Waals surface area contributed by atoms with Crippen LogP contribution in [0.2, 0.25) is 0 Å². The number of rotatable bonds is 6. The Hall–Kier alpha value is -3.26. The van der Waals surface area contributed by atoms with Gasteiger partial charge in [0.15, 0.2) is 4.77 Å². The molecule has 0 bridgehead atoms. The zero-order valence-electron chi connectivity index (χ0n) is 18.6. The molecule has 0 atom stereocenters. The van der Waals surface area contributed by atoms with Crippen molar-refractivity contribution in [3.63, 3.8) is 0 Å². The molecule has 1 aliphatic carbocycles. The average Bonchev–Trinajstić information content (AvgIpc) is 2.81. The molecular weight excluding hydrogens is 439 g/mol. The molecule has 8 heteroatoms. The maximum atomic E-state index is 14.9. The molecule has 2 aromatic carbocycles. The smallest absolute Gasteiger partial charge is 0.262 e. The molecule has 0 unspecified atom stereocenters. The minimum atomic E-state index is -0.403. The monoisotopic (exact) mass is 466 g/mol. The van der Waals surface area contributed by atoms with E-state index < -0.39 is 5.91 Å². The lowest BCUT2D eigenvalue weighted by Gasteiger charge is -2.33. The summed E-state index contributed by atoms with van der Waals surface area (Å²) in [5.41, 5.74) is 1.45. The first-order chi connectivity index (χ1) is 15.9. The zero-order valence-corrected chi connectivity index (χ0v) is 19.4. The van der Waals surface area contributed by atoms with Gasteiger partial charge in [-0.15, -0.1) is 6.58 Å². The highest BCUT2D eigenvalue weighted by molar-refractivity contribution is 7.71. The third-order valence-corrected chi connectivity index (χ3v) is 6.59. The Morgan fingerprint density at radius 1 is 1.27 bits per heavy atom. The number of aromatic nitrogens is 2. The van der Waals surface area contributed by atoms with Gasteiger partial charge in [0, 0.05) is 30.9 Å². The fourth-order valence-corrected chi connectivity index (χ4v) is 4.70. The number of anilines is 2. The van der Waals surface area contributed by atoms with E-state index in [-0.39, 0.29) is 16.1 Å². The summed E-state index contributed by atoms with van der Waals surface area (Å²) in [4.78, 5) is 30.4. The lowest BCUT2D eigenvalue weighted by atomic mass is 9.94. The van der Waals surface area contributed by atoms with Crippen LogP contribution in [0.3, 0.4) is 0 Å². The number of carbonyl (C=O) groups excluding carboxylic acids is 1. The molecule has 2 N–H and O–H groups in total. The van der Waals surface area contributed by atoms with Crippen molar-refractivity contribution in [3.05, 3.63) is 75.6 Å². The van der Waals surface area contributed by atoms with Crippen LogP contribution in [0.5, 0.6) is 0 Å². The quantitative estimate of drug-likeness (QED) is 0.377. The SMILES string of the molecule is C=CCn1c(=S)[nH]c2cc(C(=O)Nc3ccc(N(C)C4CCCCC4)c(F)c3)ccc2c1=O. The number of fused-ring (bicyclic) bond motifs is 1. The van der Waals surface area contributed by atoms with Crippen LogP contribution >= 0.6 is 12.2 Å². The highest BCUT2D eigenvalue weighted by atomic mass is 32.1. The molecule has 1 amide bonds. The van der Waals surface area contributed by atoms with E-state index >= 15 is 0 Å². The number of hydrogen-bond acceptors (Lipinski definition) is 4. The van der Waals surface area contributed by atoms with Crippen molar-refractivity contribution in [2.24, 2.45) is 0 Å². The summed E-state index contributed by atoms with van der Waals surface area (Å²) < 4.78 is 16.5. The maximum Gasteiger partial charge on any atom is 0.262 e. The van der Waals surface area contributed by atoms with Gasteiger partial charge in [-0.05, 0) is 61.5 Å². The Bertz CT molecular complexity index is 1320. The number of carbonyl (C=O) groups is 1. The van der Waals surface area contributed by atoms with Gasteiger partial charge >= 0.3 is 0 Å². The molecule has 0 spiro atoms. The number of hydrogen-bond donors (Lipinski definition) is 2. The van der Waals surface area contributed by atoms with Crippen LogP contribution in [0, 0.1) is 10.6 Å². The Morgan fingerprint density at radius 2 is 2.03 bits per heavy atom. The number of nitrogens with one attached hydrogen (secondary N) is 2. The number of amides is 1. The summed E-state index contributed by atoms with van der Waals surface area (Å²) in [6.45, 7) is 3.93. The van der Waals surface area contributed by atoms with E-state index in [0.717, 1.165) is 12.8 Å². The molecule has 33 heavy (non-hydrogen) atoms. The summed E-state index contributed by atoms with van der Waals surface area (Å²) in [7, 11) is 1.93. The van der Waals surface area contributed by atoms with E-state index in [4.69, 9.17) is 12.2 Å². The lowest BCUT2D eigenvalue weighted by molar-refractivity contribution is 0.102. The fourth-order valence-electron chi connectivity index (χ4n) is 4.43. The van der Waals surface area contributed by atoms with Crippen molar-refractivity contribution in [1.82, 2.24) is 9.55 Å². The first-order valence-corrected chi connectivity index (χ1v) is 11.5. The van der Waals surface area contributed by atoms with Crippen LogP contribution < -0.4 is 15.8 Å². The van der Waals surface area contributed by atoms with Crippen molar-refractivity contribution >= 4 is 40.4 Å². The molecular formula is C25H27FN4O2S. The second-order valence-electron chi connectivity index (χ2n) is 8.42. The van der Waals surface area contributed by atoms with E-state index in [1.807, 2.05) is 11.9 Å². The van der Waals surface area contributed by atoms with Gasteiger partial charge in [0.25, 0.3) is 11.5 Å². The van der Waals surface area contributed by atoms with Crippen LogP contribution in [-0.4, -0.2) is 28.5 Å². The number of halogens is 1. The molecule has 1 fully saturated rings.